The average molecular weight is 292 g/mol. The number of allylic oxidation sites excluding steroid dienone is 2. The molecule has 0 bridgehead atoms. The molecule has 21 heavy (non-hydrogen) atoms. The fraction of sp³-hybridized carbons (Fsp3) is 0.706. The molecule has 2 aliphatic rings. The molecule has 0 aromatic heterocycles. The maximum absolute atomic E-state index is 11.9. The van der Waals surface area contributed by atoms with E-state index in [1.807, 2.05) is 50.9 Å². The number of hydrogen-bond donors (Lipinski definition) is 0. The molecule has 1 spiro atoms. The van der Waals surface area contributed by atoms with Gasteiger partial charge in [0.25, 0.3) is 0 Å². The van der Waals surface area contributed by atoms with Crippen LogP contribution in [0.5, 0.6) is 0 Å². The first-order valence-electron chi connectivity index (χ1n) is 7.62. The molecular weight excluding hydrogens is 264 g/mol. The quantitative estimate of drug-likeness (QED) is 0.748. The van der Waals surface area contributed by atoms with E-state index in [0.717, 1.165) is 25.9 Å². The maximum atomic E-state index is 11.9. The van der Waals surface area contributed by atoms with Crippen LogP contribution >= 0.6 is 0 Å². The predicted octanol–water partition coefficient (Wildman–Crippen LogP) is 3.27. The maximum Gasteiger partial charge on any atom is 0.410 e. The van der Waals surface area contributed by atoms with Crippen molar-refractivity contribution < 1.29 is 9.53 Å². The first-order valence-corrected chi connectivity index (χ1v) is 7.62. The van der Waals surface area contributed by atoms with Crippen LogP contribution in [0.15, 0.2) is 24.4 Å². The van der Waals surface area contributed by atoms with E-state index in [-0.39, 0.29) is 6.09 Å². The van der Waals surface area contributed by atoms with Gasteiger partial charge in [-0.2, -0.15) is 0 Å². The van der Waals surface area contributed by atoms with Crippen molar-refractivity contribution in [3.05, 3.63) is 24.4 Å². The van der Waals surface area contributed by atoms with Crippen LogP contribution in [0, 0.1) is 11.3 Å². The zero-order valence-corrected chi connectivity index (χ0v) is 14.0. The first kappa shape index (κ1) is 15.9. The van der Waals surface area contributed by atoms with E-state index in [1.165, 1.54) is 5.57 Å². The highest BCUT2D eigenvalue weighted by Crippen LogP contribution is 2.54. The number of likely N-dealkylation sites (tertiary alicyclic amines) is 1. The van der Waals surface area contributed by atoms with Gasteiger partial charge in [-0.05, 0) is 51.8 Å². The normalized spacial score (nSPS) is 21.1. The number of nitrogens with zero attached hydrogens (tertiary/aromatic N) is 2. The lowest BCUT2D eigenvalue weighted by molar-refractivity contribution is -0.0865. The molecule has 4 nitrogen and oxygen atoms in total. The first-order chi connectivity index (χ1) is 9.60. The summed E-state index contributed by atoms with van der Waals surface area (Å²) in [6.45, 7) is 11.5. The molecule has 0 unspecified atom stereocenters. The molecular formula is C17H28N2O2. The fourth-order valence-electron chi connectivity index (χ4n) is 3.11. The molecule has 2 rings (SSSR count). The van der Waals surface area contributed by atoms with Crippen LogP contribution in [0.25, 0.3) is 0 Å². The smallest absolute Gasteiger partial charge is 0.410 e. The summed E-state index contributed by atoms with van der Waals surface area (Å²) >= 11 is 0. The second-order valence-corrected chi connectivity index (χ2v) is 7.80. The lowest BCUT2D eigenvalue weighted by Gasteiger charge is -2.59. The van der Waals surface area contributed by atoms with Gasteiger partial charge in [0.15, 0.2) is 0 Å². The Hall–Kier alpha value is -1.45. The van der Waals surface area contributed by atoms with Crippen LogP contribution in [0.2, 0.25) is 0 Å². The van der Waals surface area contributed by atoms with Crippen molar-refractivity contribution in [1.29, 1.82) is 0 Å². The molecule has 1 aliphatic carbocycles. The standard InChI is InChI=1S/C17H28N2O2/c1-13(7-8-18(5)6)14-9-17(10-14)11-19(12-17)15(20)21-16(2,3)4/h7-8,14H,1,9-12H2,2-6H3/b8-7+. The zero-order valence-electron chi connectivity index (χ0n) is 14.0. The monoisotopic (exact) mass is 292 g/mol. The van der Waals surface area contributed by atoms with Crippen LogP contribution in [-0.2, 0) is 4.74 Å². The van der Waals surface area contributed by atoms with Gasteiger partial charge in [-0.15, -0.1) is 0 Å². The highest BCUT2D eigenvalue weighted by molar-refractivity contribution is 5.69. The van der Waals surface area contributed by atoms with Gasteiger partial charge in [0.05, 0.1) is 0 Å². The Labute approximate surface area is 128 Å². The SMILES string of the molecule is C=C(/C=C/N(C)C)C1CC2(C1)CN(C(=O)OC(C)(C)C)C2. The summed E-state index contributed by atoms with van der Waals surface area (Å²) in [4.78, 5) is 15.8. The molecule has 0 radical (unpaired) electrons. The number of rotatable bonds is 3. The van der Waals surface area contributed by atoms with Crippen molar-refractivity contribution in [2.45, 2.75) is 39.2 Å². The highest BCUT2D eigenvalue weighted by atomic mass is 16.6. The van der Waals surface area contributed by atoms with E-state index < -0.39 is 5.60 Å². The zero-order chi connectivity index (χ0) is 15.8. The molecule has 1 heterocycles. The topological polar surface area (TPSA) is 32.8 Å². The predicted molar refractivity (Wildman–Crippen MR) is 84.9 cm³/mol. The van der Waals surface area contributed by atoms with Crippen LogP contribution < -0.4 is 0 Å². The summed E-state index contributed by atoms with van der Waals surface area (Å²) in [7, 11) is 4.02. The number of amides is 1. The largest absolute Gasteiger partial charge is 0.444 e. The van der Waals surface area contributed by atoms with Crippen molar-refractivity contribution in [3.8, 4) is 0 Å². The van der Waals surface area contributed by atoms with E-state index in [2.05, 4.69) is 12.7 Å². The Morgan fingerprint density at radius 3 is 2.38 bits per heavy atom. The van der Waals surface area contributed by atoms with Crippen molar-refractivity contribution in [2.75, 3.05) is 27.2 Å². The molecule has 2 fully saturated rings. The van der Waals surface area contributed by atoms with E-state index in [9.17, 15) is 4.79 Å². The van der Waals surface area contributed by atoms with Gasteiger partial charge in [-0.25, -0.2) is 4.79 Å². The van der Waals surface area contributed by atoms with Gasteiger partial charge in [0.2, 0.25) is 0 Å². The minimum atomic E-state index is -0.409. The second-order valence-electron chi connectivity index (χ2n) is 7.80. The second kappa shape index (κ2) is 5.39. The van der Waals surface area contributed by atoms with Gasteiger partial charge in [-0.3, -0.25) is 0 Å². The number of hydrogen-bond acceptors (Lipinski definition) is 3. The van der Waals surface area contributed by atoms with Gasteiger partial charge in [0.1, 0.15) is 5.60 Å². The third-order valence-corrected chi connectivity index (χ3v) is 4.17. The Bertz CT molecular complexity index is 446. The van der Waals surface area contributed by atoms with Crippen molar-refractivity contribution in [3.63, 3.8) is 0 Å². The van der Waals surface area contributed by atoms with E-state index in [0.29, 0.717) is 11.3 Å². The van der Waals surface area contributed by atoms with Gasteiger partial charge in [0, 0.05) is 32.6 Å². The van der Waals surface area contributed by atoms with Crippen molar-refractivity contribution in [1.82, 2.24) is 9.80 Å². The molecule has 0 N–H and O–H groups in total. The van der Waals surface area contributed by atoms with Crippen molar-refractivity contribution in [2.24, 2.45) is 11.3 Å². The highest BCUT2D eigenvalue weighted by Gasteiger charge is 2.54. The molecule has 0 aromatic rings. The third kappa shape index (κ3) is 3.80. The lowest BCUT2D eigenvalue weighted by atomic mass is 9.56. The minimum absolute atomic E-state index is 0.178. The van der Waals surface area contributed by atoms with E-state index in [4.69, 9.17) is 4.74 Å². The summed E-state index contributed by atoms with van der Waals surface area (Å²) in [5.74, 6) is 0.571. The van der Waals surface area contributed by atoms with Crippen LogP contribution in [0.4, 0.5) is 4.79 Å². The van der Waals surface area contributed by atoms with Gasteiger partial charge < -0.3 is 14.5 Å². The average Bonchev–Trinajstić information content (AvgIpc) is 2.19. The van der Waals surface area contributed by atoms with E-state index in [1.54, 1.807) is 0 Å². The molecule has 1 saturated heterocycles. The Morgan fingerprint density at radius 2 is 1.90 bits per heavy atom. The molecule has 1 amide bonds. The van der Waals surface area contributed by atoms with Crippen LogP contribution in [-0.4, -0.2) is 48.7 Å². The molecule has 0 atom stereocenters. The number of ether oxygens (including phenoxy) is 1. The van der Waals surface area contributed by atoms with Crippen LogP contribution in [0.3, 0.4) is 0 Å². The fourth-order valence-corrected chi connectivity index (χ4v) is 3.11. The third-order valence-electron chi connectivity index (χ3n) is 4.17. The van der Waals surface area contributed by atoms with Crippen molar-refractivity contribution >= 4 is 6.09 Å². The summed E-state index contributed by atoms with van der Waals surface area (Å²) in [6.07, 6.45) is 6.25. The Kier molecular flexibility index (Phi) is 4.09. The van der Waals surface area contributed by atoms with Crippen LogP contribution in [0.1, 0.15) is 33.6 Å². The summed E-state index contributed by atoms with van der Waals surface area (Å²) in [6, 6.07) is 0. The molecule has 4 heteroatoms. The minimum Gasteiger partial charge on any atom is -0.444 e. The molecule has 1 saturated carbocycles. The molecule has 0 aromatic carbocycles. The Morgan fingerprint density at radius 1 is 1.33 bits per heavy atom. The van der Waals surface area contributed by atoms with Gasteiger partial charge in [-0.1, -0.05) is 12.2 Å². The number of carbonyl (C=O) groups excluding carboxylic acids is 1. The van der Waals surface area contributed by atoms with E-state index >= 15 is 0 Å². The number of carbonyl (C=O) groups is 1. The summed E-state index contributed by atoms with van der Waals surface area (Å²) in [5.41, 5.74) is 1.12. The molecule has 118 valence electrons. The summed E-state index contributed by atoms with van der Waals surface area (Å²) in [5, 5.41) is 0. The molecule has 1 aliphatic heterocycles. The summed E-state index contributed by atoms with van der Waals surface area (Å²) < 4.78 is 5.40. The Balaban J connectivity index is 1.74. The van der Waals surface area contributed by atoms with Gasteiger partial charge >= 0.3 is 6.09 Å². The lowest BCUT2D eigenvalue weighted by Crippen LogP contribution is -2.64.